The average molecular weight is 469 g/mol. The van der Waals surface area contributed by atoms with Crippen LogP contribution in [0.15, 0.2) is 53.5 Å². The first-order chi connectivity index (χ1) is 16.5. The summed E-state index contributed by atoms with van der Waals surface area (Å²) in [6, 6.07) is 9.16. The lowest BCUT2D eigenvalue weighted by Crippen LogP contribution is -2.44. The molecule has 1 fully saturated rings. The molecule has 3 aromatic rings. The van der Waals surface area contributed by atoms with Crippen LogP contribution in [0.25, 0.3) is 10.9 Å². The van der Waals surface area contributed by atoms with Gasteiger partial charge in [-0.3, -0.25) is 9.78 Å². The lowest BCUT2D eigenvalue weighted by atomic mass is 9.81. The number of furan rings is 1. The van der Waals surface area contributed by atoms with Gasteiger partial charge in [0.1, 0.15) is 11.9 Å². The Balaban J connectivity index is 1.31. The van der Waals surface area contributed by atoms with Crippen molar-refractivity contribution in [2.45, 2.75) is 44.7 Å². The van der Waals surface area contributed by atoms with Gasteiger partial charge in [0.25, 0.3) is 0 Å². The highest BCUT2D eigenvalue weighted by molar-refractivity contribution is 5.83. The van der Waals surface area contributed by atoms with Crippen LogP contribution >= 0.6 is 0 Å². The van der Waals surface area contributed by atoms with E-state index in [0.717, 1.165) is 49.7 Å². The SMILES string of the molecule is COc1ccc2nccc([C@@H](F)CC[C@@H]3CCN(CCCCc4ccoc4)C[C@@H]3C(=O)O)c2c1. The number of nitrogens with zero attached hydrogens (tertiary/aromatic N) is 2. The third kappa shape index (κ3) is 5.95. The molecular weight excluding hydrogens is 435 g/mol. The van der Waals surface area contributed by atoms with Crippen molar-refractivity contribution in [3.05, 3.63) is 60.2 Å². The van der Waals surface area contributed by atoms with Gasteiger partial charge in [-0.2, -0.15) is 0 Å². The fourth-order valence-corrected chi connectivity index (χ4v) is 5.06. The molecule has 1 N–H and O–H groups in total. The number of halogens is 1. The number of aromatic nitrogens is 1. The van der Waals surface area contributed by atoms with Crippen molar-refractivity contribution in [3.8, 4) is 5.75 Å². The molecule has 0 bridgehead atoms. The van der Waals surface area contributed by atoms with E-state index < -0.39 is 18.1 Å². The number of fused-ring (bicyclic) bond motifs is 1. The summed E-state index contributed by atoms with van der Waals surface area (Å²) >= 11 is 0. The summed E-state index contributed by atoms with van der Waals surface area (Å²) in [6.45, 7) is 2.30. The quantitative estimate of drug-likeness (QED) is 0.365. The number of ether oxygens (including phenoxy) is 1. The van der Waals surface area contributed by atoms with Crippen LogP contribution in [-0.4, -0.2) is 47.7 Å². The highest BCUT2D eigenvalue weighted by Crippen LogP contribution is 2.35. The van der Waals surface area contributed by atoms with Crippen molar-refractivity contribution < 1.29 is 23.4 Å². The number of carbonyl (C=O) groups is 1. The Labute approximate surface area is 199 Å². The smallest absolute Gasteiger partial charge is 0.308 e. The Hall–Kier alpha value is -2.93. The Kier molecular flexibility index (Phi) is 8.16. The first kappa shape index (κ1) is 24.2. The molecule has 1 aliphatic heterocycles. The molecule has 0 radical (unpaired) electrons. The molecule has 0 amide bonds. The third-order valence-corrected chi connectivity index (χ3v) is 7.04. The molecule has 34 heavy (non-hydrogen) atoms. The molecule has 182 valence electrons. The lowest BCUT2D eigenvalue weighted by Gasteiger charge is -2.37. The number of benzene rings is 1. The molecule has 4 rings (SSSR count). The van der Waals surface area contributed by atoms with Gasteiger partial charge in [0, 0.05) is 18.1 Å². The minimum atomic E-state index is -1.17. The van der Waals surface area contributed by atoms with Gasteiger partial charge in [-0.1, -0.05) is 0 Å². The largest absolute Gasteiger partial charge is 0.497 e. The number of piperidine rings is 1. The molecule has 1 saturated heterocycles. The monoisotopic (exact) mass is 468 g/mol. The first-order valence-electron chi connectivity index (χ1n) is 12.1. The molecular formula is C27H33FN2O4. The van der Waals surface area contributed by atoms with Crippen LogP contribution < -0.4 is 4.74 Å². The van der Waals surface area contributed by atoms with Gasteiger partial charge in [-0.05, 0) is 99.0 Å². The number of hydrogen-bond acceptors (Lipinski definition) is 5. The molecule has 0 aliphatic carbocycles. The summed E-state index contributed by atoms with van der Waals surface area (Å²) in [4.78, 5) is 18.6. The highest BCUT2D eigenvalue weighted by Gasteiger charge is 2.34. The van der Waals surface area contributed by atoms with Crippen molar-refractivity contribution in [1.82, 2.24) is 9.88 Å². The Morgan fingerprint density at radius 2 is 2.21 bits per heavy atom. The number of carboxylic acids is 1. The van der Waals surface area contributed by atoms with E-state index in [4.69, 9.17) is 9.15 Å². The second kappa shape index (κ2) is 11.5. The summed E-state index contributed by atoms with van der Waals surface area (Å²) in [5.41, 5.74) is 2.51. The molecule has 1 aliphatic rings. The highest BCUT2D eigenvalue weighted by atomic mass is 19.1. The van der Waals surface area contributed by atoms with Gasteiger partial charge < -0.3 is 19.2 Å². The third-order valence-electron chi connectivity index (χ3n) is 7.04. The van der Waals surface area contributed by atoms with Crippen LogP contribution in [0, 0.1) is 11.8 Å². The van der Waals surface area contributed by atoms with Crippen molar-refractivity contribution in [3.63, 3.8) is 0 Å². The molecule has 0 spiro atoms. The zero-order valence-electron chi connectivity index (χ0n) is 19.7. The summed E-state index contributed by atoms with van der Waals surface area (Å²) in [6.07, 6.45) is 8.60. The number of aryl methyl sites for hydroxylation is 1. The Bertz CT molecular complexity index is 1070. The Morgan fingerprint density at radius 1 is 1.32 bits per heavy atom. The maximum Gasteiger partial charge on any atom is 0.308 e. The van der Waals surface area contributed by atoms with Crippen LogP contribution in [0.1, 0.15) is 49.4 Å². The zero-order valence-corrected chi connectivity index (χ0v) is 19.7. The number of alkyl halides is 1. The number of hydrogen-bond donors (Lipinski definition) is 1. The Morgan fingerprint density at radius 3 is 2.97 bits per heavy atom. The van der Waals surface area contributed by atoms with Crippen molar-refractivity contribution in [1.29, 1.82) is 0 Å². The first-order valence-corrected chi connectivity index (χ1v) is 12.1. The van der Waals surface area contributed by atoms with E-state index in [1.165, 1.54) is 5.56 Å². The molecule has 6 nitrogen and oxygen atoms in total. The van der Waals surface area contributed by atoms with E-state index in [1.807, 2.05) is 24.3 Å². The second-order valence-electron chi connectivity index (χ2n) is 9.21. The van der Waals surface area contributed by atoms with E-state index >= 15 is 4.39 Å². The van der Waals surface area contributed by atoms with E-state index in [0.29, 0.717) is 30.7 Å². The molecule has 2 aromatic heterocycles. The van der Waals surface area contributed by atoms with Crippen LogP contribution in [-0.2, 0) is 11.2 Å². The van der Waals surface area contributed by atoms with Crippen LogP contribution in [0.5, 0.6) is 5.75 Å². The van der Waals surface area contributed by atoms with E-state index in [-0.39, 0.29) is 5.92 Å². The van der Waals surface area contributed by atoms with Gasteiger partial charge in [0.05, 0.1) is 31.1 Å². The number of likely N-dealkylation sites (tertiary alicyclic amines) is 1. The van der Waals surface area contributed by atoms with E-state index in [1.54, 1.807) is 31.9 Å². The van der Waals surface area contributed by atoms with Crippen molar-refractivity contribution in [2.24, 2.45) is 11.8 Å². The maximum atomic E-state index is 15.3. The molecule has 0 saturated carbocycles. The summed E-state index contributed by atoms with van der Waals surface area (Å²) < 4.78 is 25.7. The molecule has 0 unspecified atom stereocenters. The van der Waals surface area contributed by atoms with E-state index in [2.05, 4.69) is 9.88 Å². The van der Waals surface area contributed by atoms with Crippen LogP contribution in [0.2, 0.25) is 0 Å². The van der Waals surface area contributed by atoms with Gasteiger partial charge in [-0.15, -0.1) is 0 Å². The lowest BCUT2D eigenvalue weighted by molar-refractivity contribution is -0.146. The number of rotatable bonds is 11. The van der Waals surface area contributed by atoms with Crippen LogP contribution in [0.3, 0.4) is 0 Å². The normalized spacial score (nSPS) is 19.8. The topological polar surface area (TPSA) is 75.8 Å². The zero-order chi connectivity index (χ0) is 23.9. The standard InChI is InChI=1S/C27H33FN2O4/c1-33-21-6-8-26-23(16-21)22(9-12-29-26)25(28)7-5-20-10-14-30(17-24(20)27(31)32)13-3-2-4-19-11-15-34-18-19/h6,8-9,11-12,15-16,18,20,24-25H,2-5,7,10,13-14,17H2,1H3,(H,31,32)/t20-,24+,25+/m1/s1. The predicted molar refractivity (Wildman–Crippen MR) is 129 cm³/mol. The molecule has 7 heteroatoms. The summed E-state index contributed by atoms with van der Waals surface area (Å²) in [7, 11) is 1.59. The summed E-state index contributed by atoms with van der Waals surface area (Å²) in [5, 5.41) is 10.6. The van der Waals surface area contributed by atoms with Crippen molar-refractivity contribution in [2.75, 3.05) is 26.7 Å². The minimum absolute atomic E-state index is 0.0134. The fourth-order valence-electron chi connectivity index (χ4n) is 5.06. The van der Waals surface area contributed by atoms with Gasteiger partial charge in [-0.25, -0.2) is 4.39 Å². The molecule has 3 heterocycles. The minimum Gasteiger partial charge on any atom is -0.497 e. The van der Waals surface area contributed by atoms with Crippen molar-refractivity contribution >= 4 is 16.9 Å². The number of aliphatic carboxylic acids is 1. The average Bonchev–Trinajstić information content (AvgIpc) is 3.38. The molecule has 1 aromatic carbocycles. The van der Waals surface area contributed by atoms with Gasteiger partial charge in [0.2, 0.25) is 0 Å². The van der Waals surface area contributed by atoms with Gasteiger partial charge in [0.15, 0.2) is 0 Å². The van der Waals surface area contributed by atoms with Crippen LogP contribution in [0.4, 0.5) is 4.39 Å². The summed E-state index contributed by atoms with van der Waals surface area (Å²) in [5.74, 6) is -0.579. The van der Waals surface area contributed by atoms with E-state index in [9.17, 15) is 9.90 Å². The number of carboxylic acid groups (broad SMARTS) is 1. The fraction of sp³-hybridized carbons (Fsp3) is 0.481. The number of pyridine rings is 1. The number of unbranched alkanes of at least 4 members (excludes halogenated alkanes) is 1. The predicted octanol–water partition coefficient (Wildman–Crippen LogP) is 5.67. The maximum absolute atomic E-state index is 15.3. The molecule has 3 atom stereocenters. The second-order valence-corrected chi connectivity index (χ2v) is 9.21. The van der Waals surface area contributed by atoms with Gasteiger partial charge >= 0.3 is 5.97 Å². The number of methoxy groups -OCH3 is 1.